The van der Waals surface area contributed by atoms with E-state index < -0.39 is 6.09 Å². The molecule has 3 aromatic rings. The minimum Gasteiger partial charge on any atom is -0.488 e. The van der Waals surface area contributed by atoms with E-state index >= 15 is 0 Å². The average Bonchev–Trinajstić information content (AvgIpc) is 3.24. The third-order valence-corrected chi connectivity index (χ3v) is 6.09. The Bertz CT molecular complexity index is 1120. The van der Waals surface area contributed by atoms with Gasteiger partial charge in [0.1, 0.15) is 12.4 Å². The van der Waals surface area contributed by atoms with E-state index in [0.29, 0.717) is 48.1 Å². The highest BCUT2D eigenvalue weighted by Gasteiger charge is 2.23. The number of nitriles is 1. The van der Waals surface area contributed by atoms with Crippen LogP contribution in [0.4, 0.5) is 4.79 Å². The number of rotatable bonds is 7. The third kappa shape index (κ3) is 4.68. The zero-order valence-corrected chi connectivity index (χ0v) is 17.7. The van der Waals surface area contributed by atoms with Crippen LogP contribution in [0.5, 0.6) is 5.75 Å². The van der Waals surface area contributed by atoms with Crippen LogP contribution in [0.2, 0.25) is 0 Å². The number of aliphatic hydroxyl groups is 1. The Kier molecular flexibility index (Phi) is 6.57. The maximum Gasteiger partial charge on any atom is 0.407 e. The van der Waals surface area contributed by atoms with Crippen LogP contribution in [0.15, 0.2) is 40.9 Å². The summed E-state index contributed by atoms with van der Waals surface area (Å²) in [5.41, 5.74) is 3.44. The number of fused-ring (bicyclic) bond motifs is 1. The van der Waals surface area contributed by atoms with Crippen LogP contribution >= 0.6 is 0 Å². The summed E-state index contributed by atoms with van der Waals surface area (Å²) < 4.78 is 11.5. The van der Waals surface area contributed by atoms with E-state index in [2.05, 4.69) is 11.2 Å². The second kappa shape index (κ2) is 9.71. The number of hydrogen-bond acceptors (Lipinski definition) is 6. The van der Waals surface area contributed by atoms with Crippen LogP contribution < -0.4 is 4.74 Å². The Labute approximate surface area is 185 Å². The second-order valence-electron chi connectivity index (χ2n) is 8.06. The average molecular weight is 435 g/mol. The highest BCUT2D eigenvalue weighted by molar-refractivity contribution is 5.84. The molecule has 0 saturated carbocycles. The molecule has 1 amide bonds. The molecule has 4 rings (SSSR count). The predicted molar refractivity (Wildman–Crippen MR) is 116 cm³/mol. The van der Waals surface area contributed by atoms with Crippen molar-refractivity contribution in [1.29, 1.82) is 5.26 Å². The summed E-state index contributed by atoms with van der Waals surface area (Å²) in [5, 5.41) is 33.0. The highest BCUT2D eigenvalue weighted by Crippen LogP contribution is 2.32. The lowest BCUT2D eigenvalue weighted by molar-refractivity contribution is 0.123. The number of ether oxygens (including phenoxy) is 1. The molecule has 166 valence electrons. The molecule has 2 aromatic carbocycles. The first-order chi connectivity index (χ1) is 15.6. The summed E-state index contributed by atoms with van der Waals surface area (Å²) in [5.74, 6) is 0.998. The Balaban J connectivity index is 1.42. The van der Waals surface area contributed by atoms with Crippen molar-refractivity contribution in [2.24, 2.45) is 5.92 Å². The van der Waals surface area contributed by atoms with Gasteiger partial charge in [0.2, 0.25) is 0 Å². The first-order valence-electron chi connectivity index (χ1n) is 10.7. The van der Waals surface area contributed by atoms with Gasteiger partial charge in [-0.05, 0) is 61.4 Å². The van der Waals surface area contributed by atoms with Crippen LogP contribution in [0.1, 0.15) is 41.6 Å². The first kappa shape index (κ1) is 21.7. The van der Waals surface area contributed by atoms with Crippen molar-refractivity contribution in [2.45, 2.75) is 38.9 Å². The van der Waals surface area contributed by atoms with Crippen LogP contribution in [-0.4, -0.2) is 39.5 Å². The van der Waals surface area contributed by atoms with E-state index in [0.717, 1.165) is 42.3 Å². The number of aromatic nitrogens is 1. The molecule has 8 nitrogen and oxygen atoms in total. The minimum absolute atomic E-state index is 0.234. The number of carbonyl (C=O) groups is 1. The molecular formula is C24H25N3O5. The van der Waals surface area contributed by atoms with Crippen LogP contribution in [-0.2, 0) is 19.6 Å². The molecule has 2 N–H and O–H groups in total. The van der Waals surface area contributed by atoms with E-state index in [-0.39, 0.29) is 6.61 Å². The van der Waals surface area contributed by atoms with E-state index in [1.165, 1.54) is 4.90 Å². The summed E-state index contributed by atoms with van der Waals surface area (Å²) in [6.45, 7) is 1.23. The number of aliphatic hydroxyl groups excluding tert-OH is 1. The molecule has 0 spiro atoms. The number of piperidine rings is 1. The van der Waals surface area contributed by atoms with Crippen LogP contribution in [0, 0.1) is 17.2 Å². The molecule has 1 aliphatic heterocycles. The topological polar surface area (TPSA) is 120 Å². The largest absolute Gasteiger partial charge is 0.488 e. The lowest BCUT2D eigenvalue weighted by Crippen LogP contribution is -2.37. The van der Waals surface area contributed by atoms with Gasteiger partial charge in [0.15, 0.2) is 5.58 Å². The van der Waals surface area contributed by atoms with Gasteiger partial charge in [0, 0.05) is 18.5 Å². The molecule has 32 heavy (non-hydrogen) atoms. The Morgan fingerprint density at radius 1 is 1.22 bits per heavy atom. The van der Waals surface area contributed by atoms with Crippen LogP contribution in [0.25, 0.3) is 11.0 Å². The van der Waals surface area contributed by atoms with E-state index in [1.807, 2.05) is 24.3 Å². The van der Waals surface area contributed by atoms with Gasteiger partial charge in [-0.2, -0.15) is 5.26 Å². The lowest BCUT2D eigenvalue weighted by Gasteiger charge is -2.29. The van der Waals surface area contributed by atoms with Gasteiger partial charge in [0.25, 0.3) is 0 Å². The normalized spacial score (nSPS) is 14.4. The van der Waals surface area contributed by atoms with Crippen molar-refractivity contribution in [2.75, 3.05) is 13.1 Å². The number of benzene rings is 2. The molecule has 1 aromatic heterocycles. The second-order valence-corrected chi connectivity index (χ2v) is 8.06. The molecule has 2 heterocycles. The summed E-state index contributed by atoms with van der Waals surface area (Å²) >= 11 is 0. The molecule has 0 bridgehead atoms. The number of aryl methyl sites for hydroxylation is 1. The number of hydrogen-bond donors (Lipinski definition) is 2. The number of likely N-dealkylation sites (tertiary alicyclic amines) is 1. The van der Waals surface area contributed by atoms with Gasteiger partial charge in [-0.15, -0.1) is 0 Å². The van der Waals surface area contributed by atoms with Crippen molar-refractivity contribution >= 4 is 17.1 Å². The lowest BCUT2D eigenvalue weighted by atomic mass is 9.91. The fraction of sp³-hybridized carbons (Fsp3) is 0.375. The van der Waals surface area contributed by atoms with Gasteiger partial charge in [-0.3, -0.25) is 0 Å². The summed E-state index contributed by atoms with van der Waals surface area (Å²) in [6, 6.07) is 13.0. The zero-order chi connectivity index (χ0) is 22.5. The molecule has 0 aliphatic carbocycles. The summed E-state index contributed by atoms with van der Waals surface area (Å²) in [6.07, 6.45) is 2.52. The quantitative estimate of drug-likeness (QED) is 0.573. The van der Waals surface area contributed by atoms with Crippen molar-refractivity contribution in [3.63, 3.8) is 0 Å². The van der Waals surface area contributed by atoms with Gasteiger partial charge < -0.3 is 24.4 Å². The van der Waals surface area contributed by atoms with Gasteiger partial charge in [-0.1, -0.05) is 17.3 Å². The number of amides is 1. The first-order valence-corrected chi connectivity index (χ1v) is 10.7. The van der Waals surface area contributed by atoms with Crippen LogP contribution in [0.3, 0.4) is 0 Å². The molecule has 1 saturated heterocycles. The Hall–Kier alpha value is -3.57. The van der Waals surface area contributed by atoms with E-state index in [4.69, 9.17) is 19.6 Å². The Morgan fingerprint density at radius 3 is 2.62 bits per heavy atom. The molecule has 8 heteroatoms. The fourth-order valence-corrected chi connectivity index (χ4v) is 4.15. The van der Waals surface area contributed by atoms with Gasteiger partial charge in [0.05, 0.1) is 29.5 Å². The number of carboxylic acid groups (broad SMARTS) is 1. The molecule has 0 radical (unpaired) electrons. The Morgan fingerprint density at radius 2 is 1.97 bits per heavy atom. The summed E-state index contributed by atoms with van der Waals surface area (Å²) in [7, 11) is 0. The molecule has 0 unspecified atom stereocenters. The number of nitrogens with zero attached hydrogens (tertiary/aromatic N) is 3. The molecule has 1 fully saturated rings. The summed E-state index contributed by atoms with van der Waals surface area (Å²) in [4.78, 5) is 12.5. The smallest absolute Gasteiger partial charge is 0.407 e. The predicted octanol–water partition coefficient (Wildman–Crippen LogP) is 4.09. The fourth-order valence-electron chi connectivity index (χ4n) is 4.15. The SMILES string of the molecule is N#Cc1ccc(COc2ccc3c(CCC4CCN(C(=O)O)CC4)noc3c2CO)cc1. The monoisotopic (exact) mass is 435 g/mol. The molecular weight excluding hydrogens is 410 g/mol. The maximum atomic E-state index is 11.1. The van der Waals surface area contributed by atoms with Crippen molar-refractivity contribution in [1.82, 2.24) is 10.1 Å². The standard InChI is InChI=1S/C24H25N3O5/c25-13-17-1-3-18(4-2-17)15-31-22-8-6-19-21(26-32-23(19)20(22)14-28)7-5-16-9-11-27(12-10-16)24(29)30/h1-4,6,8,16,28H,5,7,9-12,14-15H2,(H,29,30). The van der Waals surface area contributed by atoms with E-state index in [9.17, 15) is 9.90 Å². The van der Waals surface area contributed by atoms with Crippen molar-refractivity contribution in [3.8, 4) is 11.8 Å². The van der Waals surface area contributed by atoms with Crippen molar-refractivity contribution < 1.29 is 24.3 Å². The zero-order valence-electron chi connectivity index (χ0n) is 17.7. The van der Waals surface area contributed by atoms with Gasteiger partial charge in [-0.25, -0.2) is 4.79 Å². The minimum atomic E-state index is -0.848. The van der Waals surface area contributed by atoms with E-state index in [1.54, 1.807) is 12.1 Å². The van der Waals surface area contributed by atoms with Crippen molar-refractivity contribution in [3.05, 3.63) is 58.8 Å². The van der Waals surface area contributed by atoms with Gasteiger partial charge >= 0.3 is 6.09 Å². The third-order valence-electron chi connectivity index (χ3n) is 6.09. The molecule has 0 atom stereocenters. The highest BCUT2D eigenvalue weighted by atomic mass is 16.5. The maximum absolute atomic E-state index is 11.1. The molecule has 1 aliphatic rings.